The fourth-order valence-corrected chi connectivity index (χ4v) is 2.75. The topological polar surface area (TPSA) is 54.5 Å². The van der Waals surface area contributed by atoms with E-state index < -0.39 is 0 Å². The van der Waals surface area contributed by atoms with Crippen molar-refractivity contribution in [2.24, 2.45) is 0 Å². The molecule has 0 unspecified atom stereocenters. The van der Waals surface area contributed by atoms with Crippen molar-refractivity contribution in [3.05, 3.63) is 48.2 Å². The van der Waals surface area contributed by atoms with Crippen LogP contribution in [-0.2, 0) is 0 Å². The van der Waals surface area contributed by atoms with Gasteiger partial charge in [-0.15, -0.1) is 0 Å². The molecule has 126 valence electrons. The molecule has 0 spiro atoms. The van der Waals surface area contributed by atoms with Crippen molar-refractivity contribution >= 4 is 17.4 Å². The van der Waals surface area contributed by atoms with E-state index >= 15 is 0 Å². The smallest absolute Gasteiger partial charge is 0.255 e. The van der Waals surface area contributed by atoms with Gasteiger partial charge in [-0.3, -0.25) is 4.79 Å². The molecular weight excluding hydrogens is 302 g/mol. The van der Waals surface area contributed by atoms with Gasteiger partial charge in [-0.25, -0.2) is 4.98 Å². The Balaban J connectivity index is 1.61. The number of nitrogens with one attached hydrogen (secondary N) is 1. The minimum Gasteiger partial charge on any atom is -0.491 e. The molecule has 1 N–H and O–H groups in total. The van der Waals surface area contributed by atoms with Crippen LogP contribution in [0.4, 0.5) is 11.5 Å². The lowest BCUT2D eigenvalue weighted by atomic mass is 10.2. The van der Waals surface area contributed by atoms with Gasteiger partial charge in [0.25, 0.3) is 5.91 Å². The van der Waals surface area contributed by atoms with Crippen molar-refractivity contribution < 1.29 is 9.53 Å². The maximum atomic E-state index is 12.3. The maximum Gasteiger partial charge on any atom is 0.255 e. The lowest BCUT2D eigenvalue weighted by Crippen LogP contribution is -2.19. The third kappa shape index (κ3) is 4.04. The lowest BCUT2D eigenvalue weighted by molar-refractivity contribution is 0.102. The van der Waals surface area contributed by atoms with Crippen LogP contribution in [0.1, 0.15) is 37.0 Å². The predicted molar refractivity (Wildman–Crippen MR) is 95.8 cm³/mol. The Morgan fingerprint density at radius 3 is 2.42 bits per heavy atom. The second-order valence-corrected chi connectivity index (χ2v) is 6.24. The highest BCUT2D eigenvalue weighted by Gasteiger charge is 2.13. The molecule has 1 aliphatic heterocycles. The molecule has 5 heteroatoms. The van der Waals surface area contributed by atoms with Crippen molar-refractivity contribution in [2.75, 3.05) is 23.3 Å². The predicted octanol–water partition coefficient (Wildman–Crippen LogP) is 3.72. The summed E-state index contributed by atoms with van der Waals surface area (Å²) in [5, 5.41) is 2.88. The molecule has 5 nitrogen and oxygen atoms in total. The van der Waals surface area contributed by atoms with Gasteiger partial charge in [0.15, 0.2) is 0 Å². The molecule has 1 aromatic heterocycles. The molecule has 1 saturated heterocycles. The molecule has 24 heavy (non-hydrogen) atoms. The molecule has 0 atom stereocenters. The van der Waals surface area contributed by atoms with Crippen molar-refractivity contribution in [1.29, 1.82) is 0 Å². The number of ether oxygens (including phenoxy) is 1. The van der Waals surface area contributed by atoms with E-state index in [2.05, 4.69) is 15.2 Å². The molecule has 0 saturated carbocycles. The number of hydrogen-bond acceptors (Lipinski definition) is 4. The summed E-state index contributed by atoms with van der Waals surface area (Å²) < 4.78 is 5.58. The Bertz CT molecular complexity index is 675. The van der Waals surface area contributed by atoms with Gasteiger partial charge in [0.05, 0.1) is 18.0 Å². The molecular formula is C19H23N3O2. The lowest BCUT2D eigenvalue weighted by Gasteiger charge is -2.16. The van der Waals surface area contributed by atoms with E-state index in [9.17, 15) is 4.79 Å². The average Bonchev–Trinajstić information content (AvgIpc) is 3.10. The van der Waals surface area contributed by atoms with Crippen LogP contribution < -0.4 is 15.0 Å². The maximum absolute atomic E-state index is 12.3. The summed E-state index contributed by atoms with van der Waals surface area (Å²) in [5.41, 5.74) is 1.29. The van der Waals surface area contributed by atoms with Gasteiger partial charge in [-0.1, -0.05) is 0 Å². The van der Waals surface area contributed by atoms with Crippen LogP contribution in [0.15, 0.2) is 42.6 Å². The van der Waals surface area contributed by atoms with Gasteiger partial charge >= 0.3 is 0 Å². The number of benzene rings is 1. The zero-order chi connectivity index (χ0) is 16.9. The first kappa shape index (κ1) is 16.3. The highest BCUT2D eigenvalue weighted by molar-refractivity contribution is 6.04. The third-order valence-corrected chi connectivity index (χ3v) is 3.92. The Hall–Kier alpha value is -2.56. The number of hydrogen-bond donors (Lipinski definition) is 1. The van der Waals surface area contributed by atoms with E-state index in [4.69, 9.17) is 4.74 Å². The number of anilines is 2. The number of pyridine rings is 1. The molecule has 0 radical (unpaired) electrons. The molecule has 2 heterocycles. The molecule has 1 amide bonds. The number of nitrogens with zero attached hydrogens (tertiary/aromatic N) is 2. The standard InChI is InChI=1S/C19H23N3O2/c1-14(2)24-17-8-5-15(6-9-17)19(23)21-16-7-10-18(20-13-16)22-11-3-4-12-22/h5-10,13-14H,3-4,11-12H2,1-2H3,(H,21,23). The number of aromatic nitrogens is 1. The van der Waals surface area contributed by atoms with E-state index in [1.165, 1.54) is 12.8 Å². The first-order chi connectivity index (χ1) is 11.6. The molecule has 0 aliphatic carbocycles. The summed E-state index contributed by atoms with van der Waals surface area (Å²) in [6.07, 6.45) is 4.26. The molecule has 1 aromatic carbocycles. The van der Waals surface area contributed by atoms with Gasteiger partial charge in [-0.05, 0) is 63.1 Å². The largest absolute Gasteiger partial charge is 0.491 e. The summed E-state index contributed by atoms with van der Waals surface area (Å²) in [4.78, 5) is 19.0. The fraction of sp³-hybridized carbons (Fsp3) is 0.368. The van der Waals surface area contributed by atoms with E-state index in [0.717, 1.165) is 24.7 Å². The Morgan fingerprint density at radius 2 is 1.83 bits per heavy atom. The Labute approximate surface area is 142 Å². The number of rotatable bonds is 5. The average molecular weight is 325 g/mol. The molecule has 3 rings (SSSR count). The molecule has 1 fully saturated rings. The number of carbonyl (C=O) groups is 1. The molecule has 0 bridgehead atoms. The van der Waals surface area contributed by atoms with Crippen LogP contribution in [0.3, 0.4) is 0 Å². The quantitative estimate of drug-likeness (QED) is 0.910. The normalized spacial score (nSPS) is 14.0. The first-order valence-corrected chi connectivity index (χ1v) is 8.41. The van der Waals surface area contributed by atoms with E-state index in [1.807, 2.05) is 38.1 Å². The zero-order valence-electron chi connectivity index (χ0n) is 14.2. The van der Waals surface area contributed by atoms with Gasteiger partial charge in [0.1, 0.15) is 11.6 Å². The van der Waals surface area contributed by atoms with Gasteiger partial charge in [0.2, 0.25) is 0 Å². The minimum absolute atomic E-state index is 0.116. The summed E-state index contributed by atoms with van der Waals surface area (Å²) in [6.45, 7) is 6.06. The van der Waals surface area contributed by atoms with E-state index in [1.54, 1.807) is 18.3 Å². The summed E-state index contributed by atoms with van der Waals surface area (Å²) in [6, 6.07) is 11.0. The SMILES string of the molecule is CC(C)Oc1ccc(C(=O)Nc2ccc(N3CCCC3)nc2)cc1. The first-order valence-electron chi connectivity index (χ1n) is 8.41. The second kappa shape index (κ2) is 7.34. The Morgan fingerprint density at radius 1 is 1.12 bits per heavy atom. The van der Waals surface area contributed by atoms with Gasteiger partial charge in [0, 0.05) is 18.7 Å². The fourth-order valence-electron chi connectivity index (χ4n) is 2.75. The van der Waals surface area contributed by atoms with Crippen LogP contribution in [0.5, 0.6) is 5.75 Å². The molecule has 1 aliphatic rings. The number of carbonyl (C=O) groups excluding carboxylic acids is 1. The zero-order valence-corrected chi connectivity index (χ0v) is 14.2. The summed E-state index contributed by atoms with van der Waals surface area (Å²) in [5.74, 6) is 1.58. The highest BCUT2D eigenvalue weighted by atomic mass is 16.5. The highest BCUT2D eigenvalue weighted by Crippen LogP contribution is 2.20. The molecule has 2 aromatic rings. The Kier molecular flexibility index (Phi) is 4.99. The van der Waals surface area contributed by atoms with Crippen LogP contribution >= 0.6 is 0 Å². The number of amides is 1. The minimum atomic E-state index is -0.151. The summed E-state index contributed by atoms with van der Waals surface area (Å²) >= 11 is 0. The third-order valence-electron chi connectivity index (χ3n) is 3.92. The van der Waals surface area contributed by atoms with Crippen LogP contribution in [0.2, 0.25) is 0 Å². The van der Waals surface area contributed by atoms with Crippen LogP contribution in [0, 0.1) is 0 Å². The van der Waals surface area contributed by atoms with Crippen LogP contribution in [-0.4, -0.2) is 30.1 Å². The van der Waals surface area contributed by atoms with Crippen molar-refractivity contribution in [2.45, 2.75) is 32.8 Å². The summed E-state index contributed by atoms with van der Waals surface area (Å²) in [7, 11) is 0. The van der Waals surface area contributed by atoms with Gasteiger partial charge < -0.3 is 15.0 Å². The van der Waals surface area contributed by atoms with Crippen molar-refractivity contribution in [3.8, 4) is 5.75 Å². The van der Waals surface area contributed by atoms with Crippen molar-refractivity contribution in [3.63, 3.8) is 0 Å². The monoisotopic (exact) mass is 325 g/mol. The second-order valence-electron chi connectivity index (χ2n) is 6.24. The van der Waals surface area contributed by atoms with E-state index in [0.29, 0.717) is 11.3 Å². The van der Waals surface area contributed by atoms with E-state index in [-0.39, 0.29) is 12.0 Å². The van der Waals surface area contributed by atoms with Crippen LogP contribution in [0.25, 0.3) is 0 Å². The van der Waals surface area contributed by atoms with Crippen molar-refractivity contribution in [1.82, 2.24) is 4.98 Å². The van der Waals surface area contributed by atoms with Gasteiger partial charge in [-0.2, -0.15) is 0 Å².